The summed E-state index contributed by atoms with van der Waals surface area (Å²) in [6.07, 6.45) is 4.56. The summed E-state index contributed by atoms with van der Waals surface area (Å²) in [7, 11) is 0. The molecule has 0 spiro atoms. The lowest BCUT2D eigenvalue weighted by Crippen LogP contribution is -2.16. The number of anilines is 2. The molecular formula is C28H31N3O3. The van der Waals surface area contributed by atoms with Crippen LogP contribution in [0.3, 0.4) is 0 Å². The summed E-state index contributed by atoms with van der Waals surface area (Å²) < 4.78 is 5.30. The summed E-state index contributed by atoms with van der Waals surface area (Å²) in [5, 5.41) is 9.62. The van der Waals surface area contributed by atoms with Gasteiger partial charge in [0.2, 0.25) is 5.91 Å². The van der Waals surface area contributed by atoms with Crippen molar-refractivity contribution in [2.24, 2.45) is 0 Å². The smallest absolute Gasteiger partial charge is 0.255 e. The number of hydrogen-bond donors (Lipinski definition) is 2. The number of benzene rings is 2. The minimum Gasteiger partial charge on any atom is -0.359 e. The molecule has 0 aliphatic carbocycles. The molecule has 2 aromatic carbocycles. The van der Waals surface area contributed by atoms with Crippen LogP contribution in [0.1, 0.15) is 56.6 Å². The van der Waals surface area contributed by atoms with Crippen LogP contribution in [0.4, 0.5) is 11.5 Å². The van der Waals surface area contributed by atoms with Crippen LogP contribution in [-0.4, -0.2) is 17.0 Å². The first-order valence-electron chi connectivity index (χ1n) is 11.3. The zero-order chi connectivity index (χ0) is 24.7. The first-order valence-corrected chi connectivity index (χ1v) is 11.3. The fourth-order valence-corrected chi connectivity index (χ4v) is 3.41. The fraction of sp³-hybridized carbons (Fsp3) is 0.250. The maximum Gasteiger partial charge on any atom is 0.255 e. The second-order valence-electron chi connectivity index (χ2n) is 9.02. The predicted octanol–water partition coefficient (Wildman–Crippen LogP) is 6.23. The molecular weight excluding hydrogens is 426 g/mol. The highest BCUT2D eigenvalue weighted by Gasteiger charge is 2.20. The van der Waals surface area contributed by atoms with Gasteiger partial charge in [0.1, 0.15) is 5.76 Å². The molecule has 6 heteroatoms. The summed E-state index contributed by atoms with van der Waals surface area (Å²) in [6, 6.07) is 16.6. The summed E-state index contributed by atoms with van der Waals surface area (Å²) in [5.41, 5.74) is 3.63. The highest BCUT2D eigenvalue weighted by Crippen LogP contribution is 2.25. The van der Waals surface area contributed by atoms with Crippen molar-refractivity contribution in [3.8, 4) is 0 Å². The minimum absolute atomic E-state index is 0.180. The summed E-state index contributed by atoms with van der Waals surface area (Å²) in [4.78, 5) is 25.4. The van der Waals surface area contributed by atoms with Gasteiger partial charge in [-0.3, -0.25) is 9.59 Å². The lowest BCUT2D eigenvalue weighted by Gasteiger charge is -2.12. The molecule has 0 atom stereocenters. The van der Waals surface area contributed by atoms with Gasteiger partial charge < -0.3 is 15.2 Å². The van der Waals surface area contributed by atoms with Gasteiger partial charge in [-0.25, -0.2) is 0 Å². The van der Waals surface area contributed by atoms with Gasteiger partial charge in [-0.15, -0.1) is 0 Å². The molecule has 0 saturated heterocycles. The maximum absolute atomic E-state index is 13.0. The van der Waals surface area contributed by atoms with Crippen molar-refractivity contribution < 1.29 is 14.1 Å². The molecule has 0 bridgehead atoms. The van der Waals surface area contributed by atoms with E-state index in [1.165, 1.54) is 0 Å². The molecule has 0 aliphatic heterocycles. The molecule has 6 nitrogen and oxygen atoms in total. The highest BCUT2D eigenvalue weighted by atomic mass is 16.5. The molecule has 2 amide bonds. The number of hydrogen-bond acceptors (Lipinski definition) is 4. The van der Waals surface area contributed by atoms with Crippen molar-refractivity contribution in [1.29, 1.82) is 0 Å². The summed E-state index contributed by atoms with van der Waals surface area (Å²) in [5.74, 6) is 0.714. The molecule has 1 heterocycles. The van der Waals surface area contributed by atoms with E-state index >= 15 is 0 Å². The van der Waals surface area contributed by atoms with E-state index in [0.717, 1.165) is 23.1 Å². The van der Waals surface area contributed by atoms with E-state index in [1.807, 2.05) is 70.2 Å². The SMILES string of the molecule is C=Cc1ccccc1/C(=C\CC)C(=O)Nc1ccc(CC(=O)Nc2cc(C(C)(C)C)on2)cc1. The van der Waals surface area contributed by atoms with E-state index in [-0.39, 0.29) is 23.7 Å². The normalized spacial score (nSPS) is 11.7. The molecule has 0 fully saturated rings. The summed E-state index contributed by atoms with van der Waals surface area (Å²) >= 11 is 0. The Morgan fingerprint density at radius 2 is 1.76 bits per heavy atom. The van der Waals surface area contributed by atoms with Crippen LogP contribution < -0.4 is 10.6 Å². The van der Waals surface area contributed by atoms with Crippen molar-refractivity contribution in [2.75, 3.05) is 10.6 Å². The Morgan fingerprint density at radius 3 is 2.38 bits per heavy atom. The second kappa shape index (κ2) is 10.8. The van der Waals surface area contributed by atoms with E-state index in [9.17, 15) is 9.59 Å². The van der Waals surface area contributed by atoms with E-state index < -0.39 is 0 Å². The number of nitrogens with one attached hydrogen (secondary N) is 2. The largest absolute Gasteiger partial charge is 0.359 e. The van der Waals surface area contributed by atoms with Gasteiger partial charge in [-0.05, 0) is 35.2 Å². The third kappa shape index (κ3) is 6.32. The molecule has 34 heavy (non-hydrogen) atoms. The number of carbonyl (C=O) groups is 2. The average molecular weight is 458 g/mol. The third-order valence-electron chi connectivity index (χ3n) is 5.22. The molecule has 0 aliphatic rings. The first-order chi connectivity index (χ1) is 16.2. The van der Waals surface area contributed by atoms with Crippen molar-refractivity contribution >= 4 is 35.0 Å². The third-order valence-corrected chi connectivity index (χ3v) is 5.22. The standard InChI is InChI=1S/C28H31N3O3/c1-6-10-23(22-12-9-8-11-20(22)7-2)27(33)29-21-15-13-19(14-16-21)17-26(32)30-25-18-24(34-31-25)28(3,4)5/h7-16,18H,2,6,17H2,1,3-5H3,(H,29,33)(H,30,31,32)/b23-10+. The molecule has 0 saturated carbocycles. The molecule has 3 aromatic rings. The molecule has 0 radical (unpaired) electrons. The second-order valence-corrected chi connectivity index (χ2v) is 9.02. The number of rotatable bonds is 8. The van der Waals surface area contributed by atoms with E-state index in [2.05, 4.69) is 22.4 Å². The van der Waals surface area contributed by atoms with Crippen molar-refractivity contribution in [3.05, 3.63) is 89.7 Å². The van der Waals surface area contributed by atoms with Gasteiger partial charge >= 0.3 is 0 Å². The van der Waals surface area contributed by atoms with Crippen molar-refractivity contribution in [3.63, 3.8) is 0 Å². The maximum atomic E-state index is 13.0. The van der Waals surface area contributed by atoms with Gasteiger partial charge in [-0.1, -0.05) is 88.0 Å². The van der Waals surface area contributed by atoms with Crippen LogP contribution in [-0.2, 0) is 21.4 Å². The lowest BCUT2D eigenvalue weighted by atomic mass is 9.93. The van der Waals surface area contributed by atoms with E-state index in [4.69, 9.17) is 4.52 Å². The Bertz CT molecular complexity index is 1200. The Kier molecular flexibility index (Phi) is 7.84. The topological polar surface area (TPSA) is 84.2 Å². The molecule has 3 rings (SSSR count). The number of aromatic nitrogens is 1. The Labute approximate surface area is 200 Å². The Hall–Kier alpha value is -3.93. The quantitative estimate of drug-likeness (QED) is 0.393. The number of amides is 2. The number of nitrogens with zero attached hydrogens (tertiary/aromatic N) is 1. The monoisotopic (exact) mass is 457 g/mol. The highest BCUT2D eigenvalue weighted by molar-refractivity contribution is 6.25. The van der Waals surface area contributed by atoms with Gasteiger partial charge in [0.25, 0.3) is 5.91 Å². The predicted molar refractivity (Wildman–Crippen MR) is 137 cm³/mol. The zero-order valence-corrected chi connectivity index (χ0v) is 20.1. The van der Waals surface area contributed by atoms with Crippen LogP contribution in [0.2, 0.25) is 0 Å². The van der Waals surface area contributed by atoms with E-state index in [1.54, 1.807) is 24.3 Å². The van der Waals surface area contributed by atoms with Crippen molar-refractivity contribution in [2.45, 2.75) is 46.0 Å². The molecule has 2 N–H and O–H groups in total. The van der Waals surface area contributed by atoms with Crippen LogP contribution in [0.5, 0.6) is 0 Å². The van der Waals surface area contributed by atoms with Gasteiger partial charge in [-0.2, -0.15) is 0 Å². The molecule has 176 valence electrons. The van der Waals surface area contributed by atoms with E-state index in [0.29, 0.717) is 22.8 Å². The van der Waals surface area contributed by atoms with Crippen LogP contribution in [0, 0.1) is 0 Å². The fourth-order valence-electron chi connectivity index (χ4n) is 3.41. The summed E-state index contributed by atoms with van der Waals surface area (Å²) in [6.45, 7) is 11.9. The average Bonchev–Trinajstić information content (AvgIpc) is 3.27. The van der Waals surface area contributed by atoms with Crippen LogP contribution in [0.25, 0.3) is 11.6 Å². The molecule has 1 aromatic heterocycles. The van der Waals surface area contributed by atoms with Crippen molar-refractivity contribution in [1.82, 2.24) is 5.16 Å². The minimum atomic E-state index is -0.195. The lowest BCUT2D eigenvalue weighted by molar-refractivity contribution is -0.115. The Morgan fingerprint density at radius 1 is 1.06 bits per heavy atom. The zero-order valence-electron chi connectivity index (χ0n) is 20.1. The number of allylic oxidation sites excluding steroid dienone is 1. The molecule has 0 unspecified atom stereocenters. The van der Waals surface area contributed by atoms with Gasteiger partial charge in [0, 0.05) is 22.7 Å². The Balaban J connectivity index is 1.64. The number of carbonyl (C=O) groups excluding carboxylic acids is 2. The van der Waals surface area contributed by atoms with Gasteiger partial charge in [0.15, 0.2) is 5.82 Å². The van der Waals surface area contributed by atoms with Gasteiger partial charge in [0.05, 0.1) is 6.42 Å². The van der Waals surface area contributed by atoms with Crippen LogP contribution in [0.15, 0.2) is 71.8 Å². The first kappa shape index (κ1) is 24.7. The van der Waals surface area contributed by atoms with Crippen LogP contribution >= 0.6 is 0 Å².